The Bertz CT molecular complexity index is 801. The molecule has 1 atom stereocenters. The van der Waals surface area contributed by atoms with E-state index < -0.39 is 6.10 Å². The number of aliphatic hydroxyl groups is 1. The minimum atomic E-state index is -0.777. The molecule has 1 N–H and O–H groups in total. The Labute approximate surface area is 310 Å². The van der Waals surface area contributed by atoms with E-state index in [0.29, 0.717) is 12.8 Å². The van der Waals surface area contributed by atoms with Gasteiger partial charge in [0.25, 0.3) is 0 Å². The molecular weight excluding hydrogens is 620 g/mol. The third-order valence-corrected chi connectivity index (χ3v) is 9.44. The molecule has 0 rings (SSSR count). The second kappa shape index (κ2) is 41.5. The van der Waals surface area contributed by atoms with Gasteiger partial charge in [0.15, 0.2) is 6.10 Å². The number of rotatable bonds is 39. The summed E-state index contributed by atoms with van der Waals surface area (Å²) in [4.78, 5) is 24.3. The van der Waals surface area contributed by atoms with Crippen LogP contribution in [0.1, 0.15) is 219 Å². The van der Waals surface area contributed by atoms with E-state index in [4.69, 9.17) is 9.47 Å². The zero-order valence-corrected chi connectivity index (χ0v) is 33.2. The molecule has 0 radical (unpaired) electrons. The van der Waals surface area contributed by atoms with Gasteiger partial charge < -0.3 is 14.6 Å². The molecule has 0 saturated carbocycles. The summed E-state index contributed by atoms with van der Waals surface area (Å²) >= 11 is 0. The highest BCUT2D eigenvalue weighted by Crippen LogP contribution is 2.15. The Morgan fingerprint density at radius 3 is 1.24 bits per heavy atom. The van der Waals surface area contributed by atoms with Crippen molar-refractivity contribution in [2.24, 2.45) is 0 Å². The van der Waals surface area contributed by atoms with Crippen molar-refractivity contribution in [3.05, 3.63) is 36.5 Å². The van der Waals surface area contributed by atoms with E-state index in [0.717, 1.165) is 64.2 Å². The van der Waals surface area contributed by atoms with Gasteiger partial charge in [-0.05, 0) is 51.4 Å². The van der Waals surface area contributed by atoms with Crippen molar-refractivity contribution >= 4 is 11.9 Å². The van der Waals surface area contributed by atoms with E-state index in [1.54, 1.807) is 0 Å². The molecule has 0 aromatic heterocycles. The van der Waals surface area contributed by atoms with Crippen molar-refractivity contribution < 1.29 is 24.2 Å². The molecule has 0 aliphatic carbocycles. The van der Waals surface area contributed by atoms with Crippen LogP contribution in [-0.2, 0) is 19.1 Å². The van der Waals surface area contributed by atoms with Gasteiger partial charge >= 0.3 is 11.9 Å². The van der Waals surface area contributed by atoms with Crippen molar-refractivity contribution in [1.29, 1.82) is 0 Å². The minimum Gasteiger partial charge on any atom is -0.462 e. The van der Waals surface area contributed by atoms with E-state index in [9.17, 15) is 14.7 Å². The summed E-state index contributed by atoms with van der Waals surface area (Å²) in [6.45, 7) is 4.11. The van der Waals surface area contributed by atoms with E-state index in [1.165, 1.54) is 128 Å². The van der Waals surface area contributed by atoms with Gasteiger partial charge in [0.1, 0.15) is 6.61 Å². The lowest BCUT2D eigenvalue weighted by molar-refractivity contribution is -0.161. The number of hydrogen-bond acceptors (Lipinski definition) is 5. The second-order valence-electron chi connectivity index (χ2n) is 14.4. The summed E-state index contributed by atoms with van der Waals surface area (Å²) in [7, 11) is 0. The first kappa shape index (κ1) is 48.1. The minimum absolute atomic E-state index is 0.0746. The van der Waals surface area contributed by atoms with Crippen LogP contribution in [0.25, 0.3) is 0 Å². The SMILES string of the molecule is CCCCCC=CCC=CCC=CCCCCCCC(=O)OC[C@H](CO)OC(=O)CCCCCCCCCCCCCCCCCCCCC. The molecule has 0 bridgehead atoms. The standard InChI is InChI=1S/C45H82O5/c1-3-5-7-9-11-13-15-17-19-21-22-24-26-28-30-32-34-36-38-40-45(48)50-43(41-46)42-49-44(47)39-37-35-33-31-29-27-25-23-20-18-16-14-12-10-8-6-4-2/h12,14,18,20,25,27,43,46H,3-11,13,15-17,19,21-24,26,28-42H2,1-2H3/t43-/m0/s1. The average Bonchev–Trinajstić information content (AvgIpc) is 3.12. The third kappa shape index (κ3) is 38.9. The van der Waals surface area contributed by atoms with E-state index in [-0.39, 0.29) is 25.2 Å². The highest BCUT2D eigenvalue weighted by molar-refractivity contribution is 5.70. The highest BCUT2D eigenvalue weighted by Gasteiger charge is 2.16. The van der Waals surface area contributed by atoms with Crippen LogP contribution >= 0.6 is 0 Å². The largest absolute Gasteiger partial charge is 0.462 e. The van der Waals surface area contributed by atoms with Gasteiger partial charge in [0, 0.05) is 12.8 Å². The normalized spacial score (nSPS) is 12.5. The monoisotopic (exact) mass is 703 g/mol. The predicted octanol–water partition coefficient (Wildman–Crippen LogP) is 13.6. The van der Waals surface area contributed by atoms with Crippen LogP contribution in [0.2, 0.25) is 0 Å². The molecule has 0 aromatic carbocycles. The number of allylic oxidation sites excluding steroid dienone is 6. The Balaban J connectivity index is 3.55. The molecule has 0 fully saturated rings. The smallest absolute Gasteiger partial charge is 0.306 e. The van der Waals surface area contributed by atoms with Gasteiger partial charge in [-0.3, -0.25) is 9.59 Å². The molecule has 0 aliphatic rings. The Hall–Kier alpha value is -1.88. The lowest BCUT2D eigenvalue weighted by Crippen LogP contribution is -2.28. The number of hydrogen-bond donors (Lipinski definition) is 1. The maximum atomic E-state index is 12.2. The van der Waals surface area contributed by atoms with E-state index >= 15 is 0 Å². The number of aliphatic hydroxyl groups excluding tert-OH is 1. The van der Waals surface area contributed by atoms with E-state index in [1.807, 2.05) is 0 Å². The number of carbonyl (C=O) groups is 2. The summed E-state index contributed by atoms with van der Waals surface area (Å²) < 4.78 is 10.6. The predicted molar refractivity (Wildman–Crippen MR) is 214 cm³/mol. The van der Waals surface area contributed by atoms with Crippen molar-refractivity contribution in [3.63, 3.8) is 0 Å². The van der Waals surface area contributed by atoms with Crippen molar-refractivity contribution in [2.75, 3.05) is 13.2 Å². The second-order valence-corrected chi connectivity index (χ2v) is 14.4. The van der Waals surface area contributed by atoms with Crippen LogP contribution in [-0.4, -0.2) is 36.4 Å². The Kier molecular flexibility index (Phi) is 40.0. The number of unbranched alkanes of at least 4 members (excludes halogenated alkanes) is 25. The number of esters is 2. The fourth-order valence-corrected chi connectivity index (χ4v) is 6.15. The summed E-state index contributed by atoms with van der Waals surface area (Å²) in [6, 6.07) is 0. The lowest BCUT2D eigenvalue weighted by Gasteiger charge is -2.15. The Morgan fingerprint density at radius 2 is 0.800 bits per heavy atom. The highest BCUT2D eigenvalue weighted by atomic mass is 16.6. The van der Waals surface area contributed by atoms with Crippen LogP contribution in [0.3, 0.4) is 0 Å². The molecule has 50 heavy (non-hydrogen) atoms. The van der Waals surface area contributed by atoms with Gasteiger partial charge in [-0.15, -0.1) is 0 Å². The molecule has 0 amide bonds. The lowest BCUT2D eigenvalue weighted by atomic mass is 10.0. The first-order chi connectivity index (χ1) is 24.6. The van der Waals surface area contributed by atoms with Crippen LogP contribution in [0, 0.1) is 0 Å². The Morgan fingerprint density at radius 1 is 0.460 bits per heavy atom. The van der Waals surface area contributed by atoms with Crippen molar-refractivity contribution in [2.45, 2.75) is 225 Å². The maximum absolute atomic E-state index is 12.2. The maximum Gasteiger partial charge on any atom is 0.306 e. The topological polar surface area (TPSA) is 72.8 Å². The zero-order valence-electron chi connectivity index (χ0n) is 33.2. The molecule has 292 valence electrons. The average molecular weight is 703 g/mol. The number of ether oxygens (including phenoxy) is 2. The quantitative estimate of drug-likeness (QED) is 0.0392. The molecular formula is C45H82O5. The summed E-state index contributed by atoms with van der Waals surface area (Å²) in [5, 5.41) is 9.57. The van der Waals surface area contributed by atoms with Gasteiger partial charge in [-0.1, -0.05) is 192 Å². The zero-order chi connectivity index (χ0) is 36.4. The summed E-state index contributed by atoms with van der Waals surface area (Å²) in [5.41, 5.74) is 0. The van der Waals surface area contributed by atoms with Gasteiger partial charge in [0.05, 0.1) is 6.61 Å². The molecule has 5 nitrogen and oxygen atoms in total. The molecule has 0 saturated heterocycles. The molecule has 0 aliphatic heterocycles. The van der Waals surface area contributed by atoms with Gasteiger partial charge in [0.2, 0.25) is 0 Å². The van der Waals surface area contributed by atoms with Crippen LogP contribution in [0.15, 0.2) is 36.5 Å². The van der Waals surface area contributed by atoms with Crippen molar-refractivity contribution in [3.8, 4) is 0 Å². The fourth-order valence-electron chi connectivity index (χ4n) is 6.15. The summed E-state index contributed by atoms with van der Waals surface area (Å²) in [5.74, 6) is -0.608. The first-order valence-electron chi connectivity index (χ1n) is 21.5. The van der Waals surface area contributed by atoms with Crippen LogP contribution in [0.5, 0.6) is 0 Å². The molecule has 0 unspecified atom stereocenters. The first-order valence-corrected chi connectivity index (χ1v) is 21.5. The van der Waals surface area contributed by atoms with E-state index in [2.05, 4.69) is 50.3 Å². The fraction of sp³-hybridized carbons (Fsp3) is 0.822. The third-order valence-electron chi connectivity index (χ3n) is 9.44. The molecule has 0 spiro atoms. The van der Waals surface area contributed by atoms with Gasteiger partial charge in [-0.25, -0.2) is 0 Å². The summed E-state index contributed by atoms with van der Waals surface area (Å²) in [6.07, 6.45) is 50.7. The number of carbonyl (C=O) groups excluding carboxylic acids is 2. The van der Waals surface area contributed by atoms with Crippen LogP contribution in [0.4, 0.5) is 0 Å². The molecule has 0 heterocycles. The molecule has 5 heteroatoms. The van der Waals surface area contributed by atoms with Crippen molar-refractivity contribution in [1.82, 2.24) is 0 Å². The van der Waals surface area contributed by atoms with Gasteiger partial charge in [-0.2, -0.15) is 0 Å². The van der Waals surface area contributed by atoms with Crippen LogP contribution < -0.4 is 0 Å². The molecule has 0 aromatic rings.